The summed E-state index contributed by atoms with van der Waals surface area (Å²) >= 11 is 0. The van der Waals surface area contributed by atoms with Crippen molar-refractivity contribution in [2.75, 3.05) is 13.1 Å². The van der Waals surface area contributed by atoms with E-state index < -0.39 is 5.41 Å². The van der Waals surface area contributed by atoms with E-state index in [4.69, 9.17) is 5.73 Å². The fourth-order valence-corrected chi connectivity index (χ4v) is 5.21. The molecular formula is C25H31N3O2. The Morgan fingerprint density at radius 2 is 1.77 bits per heavy atom. The molecular weight excluding hydrogens is 374 g/mol. The molecule has 2 aromatic rings. The highest BCUT2D eigenvalue weighted by molar-refractivity contribution is 5.85. The van der Waals surface area contributed by atoms with Crippen LogP contribution in [0.15, 0.2) is 48.8 Å². The van der Waals surface area contributed by atoms with Crippen LogP contribution in [0.5, 0.6) is 0 Å². The number of amides is 2. The van der Waals surface area contributed by atoms with Crippen molar-refractivity contribution in [1.29, 1.82) is 0 Å². The largest absolute Gasteiger partial charge is 0.369 e. The van der Waals surface area contributed by atoms with Crippen molar-refractivity contribution in [3.8, 4) is 11.1 Å². The number of benzene rings is 1. The third kappa shape index (κ3) is 4.25. The Hall–Kier alpha value is -2.69. The van der Waals surface area contributed by atoms with E-state index in [0.717, 1.165) is 61.8 Å². The fraction of sp³-hybridized carbons (Fsp3) is 0.480. The first-order chi connectivity index (χ1) is 14.6. The second kappa shape index (κ2) is 8.99. The Balaban J connectivity index is 1.59. The van der Waals surface area contributed by atoms with Gasteiger partial charge in [-0.15, -0.1) is 0 Å². The maximum atomic E-state index is 13.2. The summed E-state index contributed by atoms with van der Waals surface area (Å²) in [6.07, 6.45) is 11.1. The average Bonchev–Trinajstić information content (AvgIpc) is 2.80. The van der Waals surface area contributed by atoms with Gasteiger partial charge in [-0.1, -0.05) is 43.5 Å². The zero-order valence-electron chi connectivity index (χ0n) is 17.6. The van der Waals surface area contributed by atoms with Crippen LogP contribution in [0.4, 0.5) is 0 Å². The van der Waals surface area contributed by atoms with E-state index in [-0.39, 0.29) is 17.7 Å². The molecule has 1 aromatic carbocycles. The Bertz CT molecular complexity index is 892. The molecule has 1 saturated carbocycles. The van der Waals surface area contributed by atoms with Crippen molar-refractivity contribution in [1.82, 2.24) is 9.88 Å². The zero-order chi connectivity index (χ0) is 21.0. The van der Waals surface area contributed by atoms with Crippen molar-refractivity contribution >= 4 is 11.8 Å². The highest BCUT2D eigenvalue weighted by Crippen LogP contribution is 2.38. The number of aromatic nitrogens is 1. The summed E-state index contributed by atoms with van der Waals surface area (Å²) in [5.74, 6) is 0.0437. The minimum atomic E-state index is -0.717. The van der Waals surface area contributed by atoms with Gasteiger partial charge in [0.25, 0.3) is 0 Å². The molecule has 2 aliphatic rings. The van der Waals surface area contributed by atoms with Crippen molar-refractivity contribution in [3.63, 3.8) is 0 Å². The number of carbonyl (C=O) groups is 2. The smallest absolute Gasteiger partial charge is 0.225 e. The monoisotopic (exact) mass is 405 g/mol. The van der Waals surface area contributed by atoms with Gasteiger partial charge in [0.15, 0.2) is 0 Å². The van der Waals surface area contributed by atoms with Crippen LogP contribution >= 0.6 is 0 Å². The van der Waals surface area contributed by atoms with Gasteiger partial charge in [0.05, 0.1) is 5.41 Å². The number of likely N-dealkylation sites (tertiary alicyclic amines) is 1. The second-order valence-corrected chi connectivity index (χ2v) is 8.91. The number of rotatable bonds is 5. The van der Waals surface area contributed by atoms with Crippen LogP contribution in [-0.2, 0) is 16.0 Å². The van der Waals surface area contributed by atoms with Gasteiger partial charge < -0.3 is 10.6 Å². The quantitative estimate of drug-likeness (QED) is 0.818. The lowest BCUT2D eigenvalue weighted by Gasteiger charge is -2.42. The normalized spacial score (nSPS) is 22.6. The summed E-state index contributed by atoms with van der Waals surface area (Å²) < 4.78 is 0. The van der Waals surface area contributed by atoms with Crippen molar-refractivity contribution in [3.05, 3.63) is 54.4 Å². The number of hydrogen-bond donors (Lipinski definition) is 1. The third-order valence-electron chi connectivity index (χ3n) is 6.90. The Labute approximate surface area is 178 Å². The van der Waals surface area contributed by atoms with E-state index in [2.05, 4.69) is 17.1 Å². The topological polar surface area (TPSA) is 76.3 Å². The van der Waals surface area contributed by atoms with Crippen LogP contribution in [0.25, 0.3) is 11.1 Å². The summed E-state index contributed by atoms with van der Waals surface area (Å²) in [4.78, 5) is 32.0. The summed E-state index contributed by atoms with van der Waals surface area (Å²) in [6.45, 7) is 1.17. The highest BCUT2D eigenvalue weighted by atomic mass is 16.2. The number of carbonyl (C=O) groups excluding carboxylic acids is 2. The van der Waals surface area contributed by atoms with E-state index in [1.54, 1.807) is 12.4 Å². The van der Waals surface area contributed by atoms with Gasteiger partial charge in [0.2, 0.25) is 11.8 Å². The molecule has 5 heteroatoms. The number of piperidine rings is 1. The number of primary amides is 1. The van der Waals surface area contributed by atoms with E-state index in [9.17, 15) is 9.59 Å². The number of hydrogen-bond acceptors (Lipinski definition) is 3. The average molecular weight is 406 g/mol. The third-order valence-corrected chi connectivity index (χ3v) is 6.90. The number of nitrogens with two attached hydrogens (primary N) is 1. The van der Waals surface area contributed by atoms with Gasteiger partial charge in [0, 0.05) is 31.4 Å². The van der Waals surface area contributed by atoms with Crippen LogP contribution in [0.2, 0.25) is 0 Å². The van der Waals surface area contributed by atoms with E-state index in [1.807, 2.05) is 29.2 Å². The lowest BCUT2D eigenvalue weighted by molar-refractivity contribution is -0.143. The van der Waals surface area contributed by atoms with E-state index in [1.165, 1.54) is 6.42 Å². The zero-order valence-corrected chi connectivity index (χ0v) is 17.6. The first-order valence-electron chi connectivity index (χ1n) is 11.2. The lowest BCUT2D eigenvalue weighted by Crippen LogP contribution is -2.54. The molecule has 5 nitrogen and oxygen atoms in total. The van der Waals surface area contributed by atoms with Crippen molar-refractivity contribution in [2.45, 2.75) is 51.4 Å². The Morgan fingerprint density at radius 3 is 2.50 bits per heavy atom. The van der Waals surface area contributed by atoms with Gasteiger partial charge in [-0.25, -0.2) is 0 Å². The fourth-order valence-electron chi connectivity index (χ4n) is 5.21. The highest BCUT2D eigenvalue weighted by Gasteiger charge is 2.43. The summed E-state index contributed by atoms with van der Waals surface area (Å²) in [5.41, 5.74) is 8.54. The van der Waals surface area contributed by atoms with Crippen LogP contribution < -0.4 is 5.73 Å². The van der Waals surface area contributed by atoms with E-state index >= 15 is 0 Å². The SMILES string of the molecule is NC(=O)[C@]1(Cc2ccccc2-c2ccncc2)CCCN(C(=O)C2CCCCC2)C1. The number of pyridine rings is 1. The van der Waals surface area contributed by atoms with Crippen molar-refractivity contribution < 1.29 is 9.59 Å². The summed E-state index contributed by atoms with van der Waals surface area (Å²) in [6, 6.07) is 12.1. The standard InChI is InChI=1S/C25H31N3O2/c26-24(30)25(13-6-16-28(18-25)23(29)20-7-2-1-3-8-20)17-21-9-4-5-10-22(21)19-11-14-27-15-12-19/h4-5,9-12,14-15,20H,1-3,6-8,13,16-18H2,(H2,26,30)/t25-/m0/s1. The van der Waals surface area contributed by atoms with Crippen LogP contribution in [0, 0.1) is 11.3 Å². The Kier molecular flexibility index (Phi) is 6.16. The molecule has 1 atom stereocenters. The van der Waals surface area contributed by atoms with Crippen LogP contribution in [-0.4, -0.2) is 34.8 Å². The van der Waals surface area contributed by atoms with Crippen molar-refractivity contribution in [2.24, 2.45) is 17.1 Å². The molecule has 1 saturated heterocycles. The maximum Gasteiger partial charge on any atom is 0.225 e. The molecule has 0 bridgehead atoms. The molecule has 1 aliphatic heterocycles. The number of nitrogens with zero attached hydrogens (tertiary/aromatic N) is 2. The van der Waals surface area contributed by atoms with E-state index in [0.29, 0.717) is 13.0 Å². The Morgan fingerprint density at radius 1 is 1.03 bits per heavy atom. The molecule has 0 spiro atoms. The molecule has 30 heavy (non-hydrogen) atoms. The minimum Gasteiger partial charge on any atom is -0.369 e. The summed E-state index contributed by atoms with van der Waals surface area (Å²) in [5, 5.41) is 0. The minimum absolute atomic E-state index is 0.117. The molecule has 158 valence electrons. The second-order valence-electron chi connectivity index (χ2n) is 8.91. The van der Waals surface area contributed by atoms with Gasteiger partial charge in [-0.05, 0) is 60.9 Å². The molecule has 2 amide bonds. The predicted octanol–water partition coefficient (Wildman–Crippen LogP) is 3.97. The first kappa shape index (κ1) is 20.6. The molecule has 0 unspecified atom stereocenters. The lowest BCUT2D eigenvalue weighted by atomic mass is 9.73. The molecule has 4 rings (SSSR count). The van der Waals surface area contributed by atoms with Crippen LogP contribution in [0.1, 0.15) is 50.5 Å². The van der Waals surface area contributed by atoms with Gasteiger partial charge in [-0.2, -0.15) is 0 Å². The van der Waals surface area contributed by atoms with Gasteiger partial charge >= 0.3 is 0 Å². The molecule has 2 heterocycles. The van der Waals surface area contributed by atoms with Gasteiger partial charge in [0.1, 0.15) is 0 Å². The maximum absolute atomic E-state index is 13.2. The molecule has 1 aliphatic carbocycles. The molecule has 2 N–H and O–H groups in total. The molecule has 1 aromatic heterocycles. The van der Waals surface area contributed by atoms with Crippen LogP contribution in [0.3, 0.4) is 0 Å². The molecule has 2 fully saturated rings. The first-order valence-corrected chi connectivity index (χ1v) is 11.2. The van der Waals surface area contributed by atoms with Gasteiger partial charge in [-0.3, -0.25) is 14.6 Å². The predicted molar refractivity (Wildman–Crippen MR) is 117 cm³/mol. The summed E-state index contributed by atoms with van der Waals surface area (Å²) in [7, 11) is 0. The molecule has 0 radical (unpaired) electrons.